The van der Waals surface area contributed by atoms with E-state index in [4.69, 9.17) is 4.74 Å². The number of hydrogen-bond donors (Lipinski definition) is 0. The zero-order valence-electron chi connectivity index (χ0n) is 12.7. The number of amides is 1. The third kappa shape index (κ3) is 3.64. The Balaban J connectivity index is 1.56. The van der Waals surface area contributed by atoms with Crippen molar-refractivity contribution < 1.29 is 14.3 Å². The van der Waals surface area contributed by atoms with E-state index in [1.165, 1.54) is 0 Å². The van der Waals surface area contributed by atoms with E-state index in [1.807, 2.05) is 17.0 Å². The molecule has 22 heavy (non-hydrogen) atoms. The van der Waals surface area contributed by atoms with Crippen LogP contribution >= 0.6 is 0 Å². The molecular formula is C17H22N2O3. The summed E-state index contributed by atoms with van der Waals surface area (Å²) < 4.78 is 5.95. The summed E-state index contributed by atoms with van der Waals surface area (Å²) in [5.74, 6) is 1.33. The predicted octanol–water partition coefficient (Wildman–Crippen LogP) is 2.21. The smallest absolute Gasteiger partial charge is 0.225 e. The minimum atomic E-state index is 0.0253. The molecule has 118 valence electrons. The molecule has 5 heteroatoms. The second kappa shape index (κ2) is 6.90. The van der Waals surface area contributed by atoms with Gasteiger partial charge in [0, 0.05) is 37.7 Å². The maximum atomic E-state index is 12.6. The summed E-state index contributed by atoms with van der Waals surface area (Å²) in [5, 5.41) is 0. The maximum absolute atomic E-state index is 12.6. The van der Waals surface area contributed by atoms with Gasteiger partial charge in [0.2, 0.25) is 5.91 Å². The van der Waals surface area contributed by atoms with E-state index in [-0.39, 0.29) is 17.9 Å². The summed E-state index contributed by atoms with van der Waals surface area (Å²) in [6, 6.07) is 3.68. The molecule has 1 aromatic rings. The lowest BCUT2D eigenvalue weighted by Crippen LogP contribution is -2.47. The molecule has 1 aliphatic heterocycles. The van der Waals surface area contributed by atoms with Crippen LogP contribution in [-0.4, -0.2) is 40.8 Å². The molecule has 1 atom stereocenters. The summed E-state index contributed by atoms with van der Waals surface area (Å²) >= 11 is 0. The number of rotatable bonds is 3. The van der Waals surface area contributed by atoms with Crippen molar-refractivity contribution in [1.82, 2.24) is 9.88 Å². The molecular weight excluding hydrogens is 280 g/mol. The maximum Gasteiger partial charge on any atom is 0.225 e. The van der Waals surface area contributed by atoms with Crippen LogP contribution in [0.2, 0.25) is 0 Å². The number of piperidine rings is 1. The van der Waals surface area contributed by atoms with Gasteiger partial charge in [-0.05, 0) is 37.8 Å². The average Bonchev–Trinajstić information content (AvgIpc) is 2.56. The zero-order valence-corrected chi connectivity index (χ0v) is 12.7. The van der Waals surface area contributed by atoms with Gasteiger partial charge < -0.3 is 9.64 Å². The van der Waals surface area contributed by atoms with Crippen LogP contribution in [0.15, 0.2) is 24.5 Å². The molecule has 1 aromatic heterocycles. The summed E-state index contributed by atoms with van der Waals surface area (Å²) in [6.45, 7) is 1.45. The van der Waals surface area contributed by atoms with Crippen LogP contribution in [0.3, 0.4) is 0 Å². The molecule has 1 unspecified atom stereocenters. The van der Waals surface area contributed by atoms with Crippen molar-refractivity contribution in [3.05, 3.63) is 24.5 Å². The molecule has 5 nitrogen and oxygen atoms in total. The number of pyridine rings is 1. The van der Waals surface area contributed by atoms with Crippen LogP contribution in [0.1, 0.15) is 38.5 Å². The topological polar surface area (TPSA) is 59.5 Å². The summed E-state index contributed by atoms with van der Waals surface area (Å²) in [7, 11) is 0. The molecule has 0 spiro atoms. The third-order valence-electron chi connectivity index (χ3n) is 4.53. The molecule has 1 saturated carbocycles. The van der Waals surface area contributed by atoms with E-state index in [2.05, 4.69) is 4.98 Å². The normalized spacial score (nSPS) is 23.4. The van der Waals surface area contributed by atoms with Crippen LogP contribution in [0, 0.1) is 5.92 Å². The predicted molar refractivity (Wildman–Crippen MR) is 81.4 cm³/mol. The molecule has 2 aliphatic rings. The van der Waals surface area contributed by atoms with Gasteiger partial charge in [-0.25, -0.2) is 0 Å². The first-order valence-corrected chi connectivity index (χ1v) is 8.09. The van der Waals surface area contributed by atoms with E-state index in [0.717, 1.165) is 25.1 Å². The Morgan fingerprint density at radius 3 is 2.64 bits per heavy atom. The molecule has 3 rings (SSSR count). The standard InChI is InChI=1S/C17H22N2O3/c20-14-5-3-13(4-6-14)17(21)19-11-1-2-16(12-19)22-15-7-9-18-10-8-15/h7-10,13,16H,1-6,11-12H2. The highest BCUT2D eigenvalue weighted by Crippen LogP contribution is 2.26. The number of carbonyl (C=O) groups is 2. The largest absolute Gasteiger partial charge is 0.488 e. The van der Waals surface area contributed by atoms with Crippen LogP contribution in [0.25, 0.3) is 0 Å². The fraction of sp³-hybridized carbons (Fsp3) is 0.588. The molecule has 0 bridgehead atoms. The van der Waals surface area contributed by atoms with Gasteiger partial charge in [0.15, 0.2) is 0 Å². The average molecular weight is 302 g/mol. The van der Waals surface area contributed by atoms with Gasteiger partial charge in [-0.1, -0.05) is 0 Å². The minimum Gasteiger partial charge on any atom is -0.488 e. The number of hydrogen-bond acceptors (Lipinski definition) is 4. The number of carbonyl (C=O) groups excluding carboxylic acids is 2. The third-order valence-corrected chi connectivity index (χ3v) is 4.53. The highest BCUT2D eigenvalue weighted by Gasteiger charge is 2.31. The van der Waals surface area contributed by atoms with Crippen molar-refractivity contribution in [2.24, 2.45) is 5.92 Å². The van der Waals surface area contributed by atoms with E-state index in [0.29, 0.717) is 38.0 Å². The van der Waals surface area contributed by atoms with Gasteiger partial charge in [-0.15, -0.1) is 0 Å². The monoisotopic (exact) mass is 302 g/mol. The van der Waals surface area contributed by atoms with E-state index >= 15 is 0 Å². The Morgan fingerprint density at radius 1 is 1.18 bits per heavy atom. The first-order chi connectivity index (χ1) is 10.7. The lowest BCUT2D eigenvalue weighted by Gasteiger charge is -2.35. The lowest BCUT2D eigenvalue weighted by molar-refractivity contribution is -0.140. The molecule has 2 fully saturated rings. The summed E-state index contributed by atoms with van der Waals surface area (Å²) in [5.41, 5.74) is 0. The summed E-state index contributed by atoms with van der Waals surface area (Å²) in [6.07, 6.45) is 7.93. The van der Waals surface area contributed by atoms with E-state index in [1.54, 1.807) is 12.4 Å². The molecule has 2 heterocycles. The summed E-state index contributed by atoms with van der Waals surface area (Å²) in [4.78, 5) is 29.8. The SMILES string of the molecule is O=C1CCC(C(=O)N2CCCC(Oc3ccncc3)C2)CC1. The van der Waals surface area contributed by atoms with Crippen molar-refractivity contribution >= 4 is 11.7 Å². The van der Waals surface area contributed by atoms with Crippen LogP contribution in [0.5, 0.6) is 5.75 Å². The van der Waals surface area contributed by atoms with Crippen LogP contribution in [0.4, 0.5) is 0 Å². The van der Waals surface area contributed by atoms with Crippen molar-refractivity contribution in [2.45, 2.75) is 44.6 Å². The van der Waals surface area contributed by atoms with Crippen molar-refractivity contribution in [3.63, 3.8) is 0 Å². The van der Waals surface area contributed by atoms with Crippen molar-refractivity contribution in [2.75, 3.05) is 13.1 Å². The first kappa shape index (κ1) is 15.0. The number of ether oxygens (including phenoxy) is 1. The van der Waals surface area contributed by atoms with E-state index < -0.39 is 0 Å². The van der Waals surface area contributed by atoms with Crippen molar-refractivity contribution in [3.8, 4) is 5.75 Å². The lowest BCUT2D eigenvalue weighted by atomic mass is 9.87. The van der Waals surface area contributed by atoms with Gasteiger partial charge in [-0.2, -0.15) is 0 Å². The molecule has 0 aromatic carbocycles. The van der Waals surface area contributed by atoms with Gasteiger partial charge in [-0.3, -0.25) is 14.6 Å². The number of Topliss-reactive ketones (excluding diaryl/α,β-unsaturated/α-hetero) is 1. The zero-order chi connectivity index (χ0) is 15.4. The number of ketones is 1. The van der Waals surface area contributed by atoms with Gasteiger partial charge in [0.1, 0.15) is 17.6 Å². The second-order valence-corrected chi connectivity index (χ2v) is 6.16. The second-order valence-electron chi connectivity index (χ2n) is 6.16. The molecule has 0 N–H and O–H groups in total. The van der Waals surface area contributed by atoms with E-state index in [9.17, 15) is 9.59 Å². The molecule has 1 amide bonds. The first-order valence-electron chi connectivity index (χ1n) is 8.09. The Labute approximate surface area is 130 Å². The van der Waals surface area contributed by atoms with Crippen LogP contribution in [-0.2, 0) is 9.59 Å². The number of likely N-dealkylation sites (tertiary alicyclic amines) is 1. The Bertz CT molecular complexity index is 522. The molecule has 1 aliphatic carbocycles. The Kier molecular flexibility index (Phi) is 4.71. The van der Waals surface area contributed by atoms with Gasteiger partial charge in [0.05, 0.1) is 6.54 Å². The Hall–Kier alpha value is -1.91. The van der Waals surface area contributed by atoms with Crippen molar-refractivity contribution in [1.29, 1.82) is 0 Å². The number of aromatic nitrogens is 1. The minimum absolute atomic E-state index is 0.0253. The Morgan fingerprint density at radius 2 is 1.91 bits per heavy atom. The van der Waals surface area contributed by atoms with Gasteiger partial charge in [0.25, 0.3) is 0 Å². The molecule has 0 radical (unpaired) electrons. The number of nitrogens with zero attached hydrogens (tertiary/aromatic N) is 2. The fourth-order valence-corrected chi connectivity index (χ4v) is 3.29. The van der Waals surface area contributed by atoms with Crippen LogP contribution < -0.4 is 4.74 Å². The fourth-order valence-electron chi connectivity index (χ4n) is 3.29. The highest BCUT2D eigenvalue weighted by molar-refractivity contribution is 5.84. The quantitative estimate of drug-likeness (QED) is 0.859. The molecule has 1 saturated heterocycles. The highest BCUT2D eigenvalue weighted by atomic mass is 16.5. The van der Waals surface area contributed by atoms with Gasteiger partial charge >= 0.3 is 0 Å².